The predicted molar refractivity (Wildman–Crippen MR) is 75.9 cm³/mol. The van der Waals surface area contributed by atoms with E-state index in [0.717, 1.165) is 12.3 Å². The highest BCUT2D eigenvalue weighted by Crippen LogP contribution is 2.70. The van der Waals surface area contributed by atoms with Gasteiger partial charge in [-0.1, -0.05) is 13.8 Å². The Hall–Kier alpha value is -0.480. The van der Waals surface area contributed by atoms with E-state index in [-0.39, 0.29) is 0 Å². The van der Waals surface area contributed by atoms with E-state index < -0.39 is 0 Å². The highest BCUT2D eigenvalue weighted by atomic mass is 14.8. The molecule has 1 heteroatoms. The summed E-state index contributed by atoms with van der Waals surface area (Å²) in [5.74, 6) is 7.18. The van der Waals surface area contributed by atoms with Crippen molar-refractivity contribution < 1.29 is 0 Å². The van der Waals surface area contributed by atoms with Gasteiger partial charge in [0.15, 0.2) is 0 Å². The quantitative estimate of drug-likeness (QED) is 0.737. The van der Waals surface area contributed by atoms with Crippen molar-refractivity contribution >= 4 is 0 Å². The molecule has 0 heterocycles. The zero-order valence-electron chi connectivity index (χ0n) is 12.2. The topological polar surface area (TPSA) is 26.0 Å². The lowest BCUT2D eigenvalue weighted by Gasteiger charge is -2.66. The molecule has 0 aromatic heterocycles. The Kier molecular flexibility index (Phi) is 2.62. The Balaban J connectivity index is 1.90. The molecule has 4 rings (SSSR count). The Bertz CT molecular complexity index is 395. The fourth-order valence-corrected chi connectivity index (χ4v) is 6.38. The third-order valence-electron chi connectivity index (χ3n) is 5.95. The summed E-state index contributed by atoms with van der Waals surface area (Å²) in [5.41, 5.74) is 8.13. The van der Waals surface area contributed by atoms with Gasteiger partial charge in [-0.3, -0.25) is 0 Å². The van der Waals surface area contributed by atoms with Crippen LogP contribution in [-0.2, 0) is 0 Å². The monoisotopic (exact) mass is 245 g/mol. The highest BCUT2D eigenvalue weighted by Gasteiger charge is 2.61. The lowest BCUT2D eigenvalue weighted by atomic mass is 9.39. The number of rotatable bonds is 2. The van der Waals surface area contributed by atoms with Gasteiger partial charge in [-0.05, 0) is 67.6 Å². The van der Waals surface area contributed by atoms with Crippen molar-refractivity contribution in [2.45, 2.75) is 71.8 Å². The van der Waals surface area contributed by atoms with Crippen LogP contribution in [0.4, 0.5) is 0 Å². The van der Waals surface area contributed by atoms with Crippen molar-refractivity contribution in [2.24, 2.45) is 27.9 Å². The second kappa shape index (κ2) is 3.76. The Morgan fingerprint density at radius 3 is 2.22 bits per heavy atom. The first kappa shape index (κ1) is 12.5. The largest absolute Gasteiger partial charge is 0.326 e. The summed E-state index contributed by atoms with van der Waals surface area (Å²) in [5, 5.41) is 0. The SMILES string of the molecule is CC#CCC(N)C12CC3CC(C)(CC(C)(C3)C1)C2. The van der Waals surface area contributed by atoms with Crippen LogP contribution in [0, 0.1) is 34.0 Å². The van der Waals surface area contributed by atoms with Gasteiger partial charge < -0.3 is 5.73 Å². The van der Waals surface area contributed by atoms with Gasteiger partial charge in [-0.15, -0.1) is 11.8 Å². The molecule has 0 amide bonds. The minimum atomic E-state index is 0.298. The van der Waals surface area contributed by atoms with E-state index in [4.69, 9.17) is 5.73 Å². The van der Waals surface area contributed by atoms with Crippen molar-refractivity contribution in [1.82, 2.24) is 0 Å². The molecule has 0 aromatic carbocycles. The average molecular weight is 245 g/mol. The van der Waals surface area contributed by atoms with Gasteiger partial charge >= 0.3 is 0 Å². The minimum Gasteiger partial charge on any atom is -0.326 e. The second-order valence-electron chi connectivity index (χ2n) is 8.23. The summed E-state index contributed by atoms with van der Waals surface area (Å²) in [6.07, 6.45) is 9.34. The van der Waals surface area contributed by atoms with Crippen molar-refractivity contribution in [3.05, 3.63) is 0 Å². The standard InChI is InChI=1S/C17H27N/c1-4-5-6-14(18)17-9-13-7-15(2,11-17)10-16(3,8-13)12-17/h13-14H,6-12,18H2,1-3H3. The normalized spacial score (nSPS) is 50.8. The van der Waals surface area contributed by atoms with Crippen molar-refractivity contribution in [2.75, 3.05) is 0 Å². The van der Waals surface area contributed by atoms with E-state index in [2.05, 4.69) is 25.7 Å². The lowest BCUT2D eigenvalue weighted by molar-refractivity contribution is -0.153. The number of nitrogens with two attached hydrogens (primary N) is 1. The zero-order valence-corrected chi connectivity index (χ0v) is 12.2. The number of hydrogen-bond acceptors (Lipinski definition) is 1. The molecule has 3 atom stereocenters. The van der Waals surface area contributed by atoms with Crippen LogP contribution in [0.3, 0.4) is 0 Å². The molecular weight excluding hydrogens is 218 g/mol. The van der Waals surface area contributed by atoms with Gasteiger partial charge in [0.05, 0.1) is 0 Å². The number of hydrogen-bond donors (Lipinski definition) is 1. The van der Waals surface area contributed by atoms with E-state index in [9.17, 15) is 0 Å². The molecule has 4 bridgehead atoms. The maximum Gasteiger partial charge on any atom is 0.0246 e. The molecule has 0 aliphatic heterocycles. The molecule has 1 nitrogen and oxygen atoms in total. The fourth-order valence-electron chi connectivity index (χ4n) is 6.38. The molecule has 4 fully saturated rings. The van der Waals surface area contributed by atoms with Crippen molar-refractivity contribution in [3.63, 3.8) is 0 Å². The van der Waals surface area contributed by atoms with Crippen LogP contribution in [0.1, 0.15) is 65.7 Å². The molecule has 3 unspecified atom stereocenters. The zero-order chi connectivity index (χ0) is 13.0. The lowest BCUT2D eigenvalue weighted by Crippen LogP contribution is -2.60. The minimum absolute atomic E-state index is 0.298. The van der Waals surface area contributed by atoms with Crippen LogP contribution in [0.15, 0.2) is 0 Å². The smallest absolute Gasteiger partial charge is 0.0246 e. The summed E-state index contributed by atoms with van der Waals surface area (Å²) in [7, 11) is 0. The van der Waals surface area contributed by atoms with E-state index in [1.165, 1.54) is 38.5 Å². The third-order valence-corrected chi connectivity index (χ3v) is 5.95. The molecule has 4 saturated carbocycles. The van der Waals surface area contributed by atoms with Gasteiger partial charge in [0.25, 0.3) is 0 Å². The van der Waals surface area contributed by atoms with Crippen LogP contribution in [-0.4, -0.2) is 6.04 Å². The molecule has 2 N–H and O–H groups in total. The molecule has 18 heavy (non-hydrogen) atoms. The maximum absolute atomic E-state index is 6.57. The van der Waals surface area contributed by atoms with E-state index in [1.54, 1.807) is 0 Å². The van der Waals surface area contributed by atoms with Crippen LogP contribution >= 0.6 is 0 Å². The summed E-state index contributed by atoms with van der Waals surface area (Å²) < 4.78 is 0. The van der Waals surface area contributed by atoms with Crippen LogP contribution in [0.5, 0.6) is 0 Å². The van der Waals surface area contributed by atoms with Gasteiger partial charge in [0.2, 0.25) is 0 Å². The molecule has 0 spiro atoms. The third kappa shape index (κ3) is 1.81. The van der Waals surface area contributed by atoms with Crippen LogP contribution in [0.25, 0.3) is 0 Å². The molecule has 0 saturated heterocycles. The molecule has 0 radical (unpaired) electrons. The van der Waals surface area contributed by atoms with Crippen molar-refractivity contribution in [3.8, 4) is 11.8 Å². The van der Waals surface area contributed by atoms with E-state index >= 15 is 0 Å². The summed E-state index contributed by atoms with van der Waals surface area (Å²) in [6.45, 7) is 6.96. The Morgan fingerprint density at radius 2 is 1.72 bits per heavy atom. The molecule has 4 aliphatic rings. The Morgan fingerprint density at radius 1 is 1.11 bits per heavy atom. The van der Waals surface area contributed by atoms with E-state index in [0.29, 0.717) is 22.3 Å². The van der Waals surface area contributed by atoms with Gasteiger partial charge in [0.1, 0.15) is 0 Å². The summed E-state index contributed by atoms with van der Waals surface area (Å²) in [4.78, 5) is 0. The first-order valence-electron chi connectivity index (χ1n) is 7.54. The first-order valence-corrected chi connectivity index (χ1v) is 7.54. The molecular formula is C17H27N. The Labute approximate surface area is 112 Å². The van der Waals surface area contributed by atoms with Gasteiger partial charge in [-0.2, -0.15) is 0 Å². The average Bonchev–Trinajstić information content (AvgIpc) is 2.20. The second-order valence-corrected chi connectivity index (χ2v) is 8.23. The van der Waals surface area contributed by atoms with Crippen molar-refractivity contribution in [1.29, 1.82) is 0 Å². The highest BCUT2D eigenvalue weighted by molar-refractivity contribution is 5.14. The van der Waals surface area contributed by atoms with Crippen LogP contribution < -0.4 is 5.73 Å². The summed E-state index contributed by atoms with van der Waals surface area (Å²) >= 11 is 0. The predicted octanol–water partition coefficient (Wildman–Crippen LogP) is 3.72. The van der Waals surface area contributed by atoms with Gasteiger partial charge in [-0.25, -0.2) is 0 Å². The first-order chi connectivity index (χ1) is 8.39. The maximum atomic E-state index is 6.57. The fraction of sp³-hybridized carbons (Fsp3) is 0.882. The molecule has 4 aliphatic carbocycles. The van der Waals surface area contributed by atoms with Gasteiger partial charge in [0, 0.05) is 12.5 Å². The molecule has 0 aromatic rings. The molecule has 100 valence electrons. The summed E-state index contributed by atoms with van der Waals surface area (Å²) in [6, 6.07) is 0.298. The van der Waals surface area contributed by atoms with Crippen LogP contribution in [0.2, 0.25) is 0 Å². The van der Waals surface area contributed by atoms with E-state index in [1.807, 2.05) is 6.92 Å².